The molecule has 2 aromatic heterocycles. The van der Waals surface area contributed by atoms with Crippen molar-refractivity contribution in [1.29, 1.82) is 0 Å². The van der Waals surface area contributed by atoms with Crippen molar-refractivity contribution in [2.75, 3.05) is 36.4 Å². The van der Waals surface area contributed by atoms with Crippen LogP contribution in [0.3, 0.4) is 0 Å². The van der Waals surface area contributed by atoms with E-state index >= 15 is 0 Å². The zero-order valence-corrected chi connectivity index (χ0v) is 18.6. The molecule has 0 atom stereocenters. The van der Waals surface area contributed by atoms with Gasteiger partial charge >= 0.3 is 0 Å². The first-order valence-electron chi connectivity index (χ1n) is 10.7. The number of rotatable bonds is 5. The van der Waals surface area contributed by atoms with Crippen LogP contribution in [-0.2, 0) is 11.2 Å². The van der Waals surface area contributed by atoms with Crippen molar-refractivity contribution in [3.63, 3.8) is 0 Å². The van der Waals surface area contributed by atoms with E-state index in [0.717, 1.165) is 4.88 Å². The van der Waals surface area contributed by atoms with Crippen LogP contribution in [0.2, 0.25) is 0 Å². The van der Waals surface area contributed by atoms with Gasteiger partial charge in [0.25, 0.3) is 5.91 Å². The van der Waals surface area contributed by atoms with Crippen molar-refractivity contribution in [3.8, 4) is 0 Å². The molecule has 3 heterocycles. The summed E-state index contributed by atoms with van der Waals surface area (Å²) in [4.78, 5) is 30.6. The molecule has 4 aromatic rings. The van der Waals surface area contributed by atoms with Gasteiger partial charge in [0.2, 0.25) is 11.7 Å². The average Bonchev–Trinajstić information content (AvgIpc) is 3.47. The van der Waals surface area contributed by atoms with Gasteiger partial charge in [-0.25, -0.2) is 4.39 Å². The van der Waals surface area contributed by atoms with E-state index in [1.165, 1.54) is 17.4 Å². The first kappa shape index (κ1) is 21.2. The van der Waals surface area contributed by atoms with Crippen molar-refractivity contribution >= 4 is 45.5 Å². The third kappa shape index (κ3) is 4.34. The van der Waals surface area contributed by atoms with Crippen LogP contribution in [0.5, 0.6) is 0 Å². The molecule has 0 saturated carbocycles. The van der Waals surface area contributed by atoms with Crippen LogP contribution in [0, 0.1) is 5.82 Å². The molecule has 1 saturated heterocycles. The molecule has 8 heteroatoms. The smallest absolute Gasteiger partial charge is 0.291 e. The lowest BCUT2D eigenvalue weighted by molar-refractivity contribution is -0.115. The lowest BCUT2D eigenvalue weighted by Crippen LogP contribution is -2.49. The van der Waals surface area contributed by atoms with Crippen LogP contribution in [0.1, 0.15) is 15.4 Å². The summed E-state index contributed by atoms with van der Waals surface area (Å²) in [5.41, 5.74) is 1.47. The standard InChI is InChI=1S/C25H22FN3O3S/c26-19-8-2-3-9-20(19)28-11-13-29(14-12-28)25(31)24-23(18-7-1-4-10-21(18)32-24)27-22(30)16-17-6-5-15-33-17/h1-10,15H,11-14,16H2,(H,27,30). The Kier molecular flexibility index (Phi) is 5.83. The summed E-state index contributed by atoms with van der Waals surface area (Å²) >= 11 is 1.51. The molecule has 6 nitrogen and oxygen atoms in total. The number of para-hydroxylation sites is 2. The third-order valence-electron chi connectivity index (χ3n) is 5.73. The summed E-state index contributed by atoms with van der Waals surface area (Å²) < 4.78 is 20.1. The number of carbonyl (C=O) groups is 2. The Labute approximate surface area is 194 Å². The Balaban J connectivity index is 1.36. The van der Waals surface area contributed by atoms with Gasteiger partial charge < -0.3 is 19.5 Å². The second-order valence-corrected chi connectivity index (χ2v) is 8.87. The number of carbonyl (C=O) groups excluding carboxylic acids is 2. The van der Waals surface area contributed by atoms with Crippen molar-refractivity contribution in [3.05, 3.63) is 82.5 Å². The van der Waals surface area contributed by atoms with Gasteiger partial charge in [0.05, 0.1) is 12.1 Å². The zero-order chi connectivity index (χ0) is 22.8. The van der Waals surface area contributed by atoms with E-state index < -0.39 is 0 Å². The van der Waals surface area contributed by atoms with Gasteiger partial charge in [-0.15, -0.1) is 11.3 Å². The van der Waals surface area contributed by atoms with E-state index in [2.05, 4.69) is 5.32 Å². The SMILES string of the molecule is O=C(Cc1cccs1)Nc1c(C(=O)N2CCN(c3ccccc3F)CC2)oc2ccccc12. The van der Waals surface area contributed by atoms with Crippen LogP contribution >= 0.6 is 11.3 Å². The van der Waals surface area contributed by atoms with Crippen LogP contribution in [-0.4, -0.2) is 42.9 Å². The second kappa shape index (κ2) is 9.07. The first-order valence-corrected chi connectivity index (χ1v) is 11.6. The number of hydrogen-bond donors (Lipinski definition) is 1. The Hall–Kier alpha value is -3.65. The minimum Gasteiger partial charge on any atom is -0.449 e. The molecule has 1 aliphatic rings. The molecular formula is C25H22FN3O3S. The van der Waals surface area contributed by atoms with Gasteiger partial charge in [0, 0.05) is 36.4 Å². The highest BCUT2D eigenvalue weighted by Gasteiger charge is 2.29. The Morgan fingerprint density at radius 2 is 1.73 bits per heavy atom. The zero-order valence-electron chi connectivity index (χ0n) is 17.8. The lowest BCUT2D eigenvalue weighted by Gasteiger charge is -2.35. The molecule has 5 rings (SSSR count). The maximum absolute atomic E-state index is 14.1. The van der Waals surface area contributed by atoms with Gasteiger partial charge in [0.15, 0.2) is 0 Å². The van der Waals surface area contributed by atoms with Crippen molar-refractivity contribution in [2.24, 2.45) is 0 Å². The monoisotopic (exact) mass is 463 g/mol. The van der Waals surface area contributed by atoms with Crippen molar-refractivity contribution < 1.29 is 18.4 Å². The first-order chi connectivity index (χ1) is 16.1. The van der Waals surface area contributed by atoms with E-state index in [1.54, 1.807) is 29.2 Å². The predicted octanol–water partition coefficient (Wildman–Crippen LogP) is 4.78. The molecular weight excluding hydrogens is 441 g/mol. The molecule has 0 bridgehead atoms. The highest BCUT2D eigenvalue weighted by atomic mass is 32.1. The molecule has 2 aromatic carbocycles. The molecule has 0 unspecified atom stereocenters. The number of hydrogen-bond acceptors (Lipinski definition) is 5. The summed E-state index contributed by atoms with van der Waals surface area (Å²) in [6.45, 7) is 1.86. The predicted molar refractivity (Wildman–Crippen MR) is 127 cm³/mol. The van der Waals surface area contributed by atoms with Gasteiger partial charge in [-0.1, -0.05) is 30.3 Å². The van der Waals surface area contributed by atoms with Gasteiger partial charge in [-0.3, -0.25) is 9.59 Å². The minimum absolute atomic E-state index is 0.120. The highest BCUT2D eigenvalue weighted by molar-refractivity contribution is 7.10. The average molecular weight is 464 g/mol. The lowest BCUT2D eigenvalue weighted by atomic mass is 10.2. The van der Waals surface area contributed by atoms with Crippen molar-refractivity contribution in [2.45, 2.75) is 6.42 Å². The molecule has 0 aliphatic carbocycles. The molecule has 1 fully saturated rings. The molecule has 1 N–H and O–H groups in total. The number of furan rings is 1. The Morgan fingerprint density at radius 1 is 0.970 bits per heavy atom. The fourth-order valence-corrected chi connectivity index (χ4v) is 4.78. The maximum Gasteiger partial charge on any atom is 0.291 e. The quantitative estimate of drug-likeness (QED) is 0.463. The minimum atomic E-state index is -0.286. The number of benzene rings is 2. The topological polar surface area (TPSA) is 65.8 Å². The van der Waals surface area contributed by atoms with E-state index in [1.807, 2.05) is 40.6 Å². The molecule has 2 amide bonds. The summed E-state index contributed by atoms with van der Waals surface area (Å²) in [6.07, 6.45) is 0.228. The number of thiophene rings is 1. The normalized spacial score (nSPS) is 14.0. The number of nitrogens with zero attached hydrogens (tertiary/aromatic N) is 2. The number of fused-ring (bicyclic) bond motifs is 1. The fourth-order valence-electron chi connectivity index (χ4n) is 4.08. The largest absolute Gasteiger partial charge is 0.449 e. The van der Waals surface area contributed by atoms with Crippen LogP contribution in [0.15, 0.2) is 70.5 Å². The maximum atomic E-state index is 14.1. The van der Waals surface area contributed by atoms with E-state index in [-0.39, 0.29) is 29.8 Å². The van der Waals surface area contributed by atoms with Crippen LogP contribution in [0.4, 0.5) is 15.8 Å². The molecule has 0 radical (unpaired) electrons. The molecule has 168 valence electrons. The second-order valence-electron chi connectivity index (χ2n) is 7.84. The number of nitrogens with one attached hydrogen (secondary N) is 1. The number of piperazine rings is 1. The van der Waals surface area contributed by atoms with Crippen LogP contribution < -0.4 is 10.2 Å². The van der Waals surface area contributed by atoms with E-state index in [9.17, 15) is 14.0 Å². The number of amides is 2. The van der Waals surface area contributed by atoms with E-state index in [4.69, 9.17) is 4.42 Å². The van der Waals surface area contributed by atoms with E-state index in [0.29, 0.717) is 48.5 Å². The Bertz CT molecular complexity index is 1290. The molecule has 1 aliphatic heterocycles. The van der Waals surface area contributed by atoms with Gasteiger partial charge in [-0.05, 0) is 35.7 Å². The number of halogens is 1. The number of anilines is 2. The Morgan fingerprint density at radius 3 is 2.48 bits per heavy atom. The van der Waals surface area contributed by atoms with Gasteiger partial charge in [0.1, 0.15) is 17.1 Å². The summed E-state index contributed by atoms with van der Waals surface area (Å²) in [7, 11) is 0. The summed E-state index contributed by atoms with van der Waals surface area (Å²) in [5, 5.41) is 5.51. The molecule has 33 heavy (non-hydrogen) atoms. The summed E-state index contributed by atoms with van der Waals surface area (Å²) in [6, 6.07) is 17.7. The van der Waals surface area contributed by atoms with Crippen molar-refractivity contribution in [1.82, 2.24) is 4.90 Å². The third-order valence-corrected chi connectivity index (χ3v) is 6.61. The van der Waals surface area contributed by atoms with Crippen LogP contribution in [0.25, 0.3) is 11.0 Å². The highest BCUT2D eigenvalue weighted by Crippen LogP contribution is 2.32. The van der Waals surface area contributed by atoms with Gasteiger partial charge in [-0.2, -0.15) is 0 Å². The fraction of sp³-hybridized carbons (Fsp3) is 0.200. The summed E-state index contributed by atoms with van der Waals surface area (Å²) in [5.74, 6) is -0.645. The molecule has 0 spiro atoms.